The molecule has 0 saturated carbocycles. The number of thiophene rings is 1. The predicted molar refractivity (Wildman–Crippen MR) is 134 cm³/mol. The van der Waals surface area contributed by atoms with Gasteiger partial charge in [-0.15, -0.1) is 22.7 Å². The Bertz CT molecular complexity index is 1470. The maximum absolute atomic E-state index is 13.6. The number of carbonyl (C=O) groups is 1. The molecule has 1 aliphatic heterocycles. The molecule has 180 valence electrons. The molecule has 1 atom stereocenters. The highest BCUT2D eigenvalue weighted by Gasteiger charge is 2.57. The fourth-order valence-corrected chi connectivity index (χ4v) is 6.27. The second-order valence-electron chi connectivity index (χ2n) is 8.28. The molecule has 11 heteroatoms. The maximum atomic E-state index is 13.6. The van der Waals surface area contributed by atoms with Crippen LogP contribution in [0.15, 0.2) is 71.4 Å². The average Bonchev–Trinajstić information content (AvgIpc) is 3.16. The van der Waals surface area contributed by atoms with Crippen LogP contribution in [0.25, 0.3) is 9.88 Å². The molecule has 2 N–H and O–H groups in total. The van der Waals surface area contributed by atoms with Crippen molar-refractivity contribution in [2.24, 2.45) is 0 Å². The minimum Gasteiger partial charge on any atom is -0.326 e. The molecule has 1 amide bonds. The van der Waals surface area contributed by atoms with Crippen molar-refractivity contribution in [3.63, 3.8) is 0 Å². The highest BCUT2D eigenvalue weighted by molar-refractivity contribution is 7.87. The quantitative estimate of drug-likeness (QED) is 0.254. The van der Waals surface area contributed by atoms with E-state index in [0.29, 0.717) is 18.5 Å². The Morgan fingerprint density at radius 3 is 2.60 bits per heavy atom. The Balaban J connectivity index is 1.42. The van der Waals surface area contributed by atoms with Crippen LogP contribution in [-0.4, -0.2) is 35.3 Å². The van der Waals surface area contributed by atoms with E-state index in [0.717, 1.165) is 21.1 Å². The molecule has 1 unspecified atom stereocenters. The lowest BCUT2D eigenvalue weighted by atomic mass is 9.96. The lowest BCUT2D eigenvalue weighted by Crippen LogP contribution is -2.26. The molecule has 1 fully saturated rings. The summed E-state index contributed by atoms with van der Waals surface area (Å²) in [5.41, 5.74) is 1.85. The summed E-state index contributed by atoms with van der Waals surface area (Å²) < 4.78 is 46.8. The number of halogens is 1. The van der Waals surface area contributed by atoms with Crippen LogP contribution in [-0.2, 0) is 33.5 Å². The van der Waals surface area contributed by atoms with Gasteiger partial charge < -0.3 is 4.90 Å². The minimum atomic E-state index is -4.36. The van der Waals surface area contributed by atoms with Gasteiger partial charge >= 0.3 is 10.3 Å². The number of thiazole rings is 1. The number of benzene rings is 2. The second kappa shape index (κ2) is 9.15. The Morgan fingerprint density at radius 1 is 1.11 bits per heavy atom. The molecule has 4 aromatic rings. The summed E-state index contributed by atoms with van der Waals surface area (Å²) in [5.74, 6) is -0.503. The topological polar surface area (TPSA) is 99.4 Å². The molecule has 0 radical (unpaired) electrons. The molecule has 2 aromatic carbocycles. The van der Waals surface area contributed by atoms with Gasteiger partial charge in [0.05, 0.1) is 29.2 Å². The Hall–Kier alpha value is -3.12. The lowest BCUT2D eigenvalue weighted by molar-refractivity contribution is -0.126. The summed E-state index contributed by atoms with van der Waals surface area (Å²) in [5, 5.41) is 4.84. The first-order valence-corrected chi connectivity index (χ1v) is 13.8. The first-order chi connectivity index (χ1) is 16.7. The van der Waals surface area contributed by atoms with Gasteiger partial charge in [-0.05, 0) is 46.8 Å². The van der Waals surface area contributed by atoms with Crippen molar-refractivity contribution in [3.05, 3.63) is 94.1 Å². The first kappa shape index (κ1) is 23.6. The van der Waals surface area contributed by atoms with Gasteiger partial charge in [-0.1, -0.05) is 30.3 Å². The number of anilines is 1. The highest BCUT2D eigenvalue weighted by atomic mass is 32.2. The first-order valence-electron chi connectivity index (χ1n) is 10.6. The molecule has 35 heavy (non-hydrogen) atoms. The number of amides is 1. The van der Waals surface area contributed by atoms with Gasteiger partial charge in [-0.25, -0.2) is 9.37 Å². The molecule has 0 aliphatic carbocycles. The van der Waals surface area contributed by atoms with Crippen LogP contribution < -0.4 is 4.72 Å². The third-order valence-electron chi connectivity index (χ3n) is 5.79. The van der Waals surface area contributed by atoms with Crippen molar-refractivity contribution in [1.82, 2.24) is 9.88 Å². The van der Waals surface area contributed by atoms with Crippen LogP contribution in [0.4, 0.5) is 10.1 Å². The molecule has 2 aromatic heterocycles. The molecule has 1 saturated heterocycles. The lowest BCUT2D eigenvalue weighted by Gasteiger charge is -2.17. The van der Waals surface area contributed by atoms with Gasteiger partial charge in [0.1, 0.15) is 16.4 Å². The Labute approximate surface area is 209 Å². The molecule has 3 heterocycles. The monoisotopic (exact) mass is 529 g/mol. The average molecular weight is 530 g/mol. The van der Waals surface area contributed by atoms with E-state index in [2.05, 4.69) is 0 Å². The van der Waals surface area contributed by atoms with Crippen molar-refractivity contribution < 1.29 is 22.2 Å². The van der Waals surface area contributed by atoms with Gasteiger partial charge in [-0.2, -0.15) is 8.42 Å². The van der Waals surface area contributed by atoms with E-state index in [9.17, 15) is 17.6 Å². The third kappa shape index (κ3) is 5.27. The SMILES string of the molecule is O=C(Cc1cccc(F)c1)N1CC1(Cc1ccc(NS(=O)(=O)O)cc1)c1csc(-c2cccs2)n1. The van der Waals surface area contributed by atoms with Gasteiger partial charge in [0.2, 0.25) is 5.91 Å². The molecule has 0 spiro atoms. The van der Waals surface area contributed by atoms with Gasteiger partial charge in [0.15, 0.2) is 0 Å². The Kier molecular flexibility index (Phi) is 6.18. The van der Waals surface area contributed by atoms with Crippen LogP contribution in [0.1, 0.15) is 16.8 Å². The third-order valence-corrected chi connectivity index (χ3v) is 8.16. The summed E-state index contributed by atoms with van der Waals surface area (Å²) >= 11 is 3.12. The summed E-state index contributed by atoms with van der Waals surface area (Å²) in [6, 6.07) is 16.6. The van der Waals surface area contributed by atoms with E-state index >= 15 is 0 Å². The van der Waals surface area contributed by atoms with Crippen LogP contribution in [0, 0.1) is 5.82 Å². The zero-order valence-corrected chi connectivity index (χ0v) is 20.7. The van der Waals surface area contributed by atoms with Crippen molar-refractivity contribution in [2.45, 2.75) is 18.4 Å². The van der Waals surface area contributed by atoms with Crippen LogP contribution in [0.2, 0.25) is 0 Å². The van der Waals surface area contributed by atoms with Crippen molar-refractivity contribution in [2.75, 3.05) is 11.3 Å². The number of rotatable bonds is 8. The smallest absolute Gasteiger partial charge is 0.326 e. The molecule has 5 rings (SSSR count). The van der Waals surface area contributed by atoms with E-state index in [1.54, 1.807) is 52.6 Å². The number of hydrogen-bond acceptors (Lipinski definition) is 6. The van der Waals surface area contributed by atoms with Crippen LogP contribution in [0.5, 0.6) is 0 Å². The van der Waals surface area contributed by atoms with Gasteiger partial charge in [0, 0.05) is 11.8 Å². The number of nitrogens with one attached hydrogen (secondary N) is 1. The van der Waals surface area contributed by atoms with Crippen molar-refractivity contribution >= 4 is 44.6 Å². The van der Waals surface area contributed by atoms with Gasteiger partial charge in [0.25, 0.3) is 0 Å². The molecule has 0 bridgehead atoms. The van der Waals surface area contributed by atoms with E-state index in [-0.39, 0.29) is 23.8 Å². The fraction of sp³-hybridized carbons (Fsp3) is 0.167. The summed E-state index contributed by atoms with van der Waals surface area (Å²) in [6.07, 6.45) is 0.556. The predicted octanol–water partition coefficient (Wildman–Crippen LogP) is 4.75. The number of carbonyl (C=O) groups excluding carboxylic acids is 1. The number of nitrogens with zero attached hydrogens (tertiary/aromatic N) is 2. The van der Waals surface area contributed by atoms with Gasteiger partial charge in [-0.3, -0.25) is 14.1 Å². The zero-order chi connectivity index (χ0) is 24.6. The minimum absolute atomic E-state index is 0.0820. The zero-order valence-electron chi connectivity index (χ0n) is 18.2. The van der Waals surface area contributed by atoms with Crippen molar-refractivity contribution in [1.29, 1.82) is 0 Å². The van der Waals surface area contributed by atoms with E-state index in [4.69, 9.17) is 9.54 Å². The summed E-state index contributed by atoms with van der Waals surface area (Å²) in [7, 11) is -4.36. The molecule has 7 nitrogen and oxygen atoms in total. The highest BCUT2D eigenvalue weighted by Crippen LogP contribution is 2.47. The van der Waals surface area contributed by atoms with Crippen LogP contribution >= 0.6 is 22.7 Å². The number of aromatic nitrogens is 1. The molecular weight excluding hydrogens is 509 g/mol. The maximum Gasteiger partial charge on any atom is 0.357 e. The summed E-state index contributed by atoms with van der Waals surface area (Å²) in [6.45, 7) is 0.472. The standard InChI is InChI=1S/C24H20FN3O4S3/c25-18-4-1-3-17(11-18)12-22(29)28-15-24(28,21-14-34-23(26-21)20-5-2-10-33-20)13-16-6-8-19(9-7-16)27-35(30,31)32/h1-11,14,27H,12-13,15H2,(H,30,31,32). The Morgan fingerprint density at radius 2 is 1.91 bits per heavy atom. The van der Waals surface area contributed by atoms with E-state index in [1.165, 1.54) is 23.5 Å². The van der Waals surface area contributed by atoms with E-state index in [1.807, 2.05) is 27.6 Å². The normalized spacial score (nSPS) is 17.4. The molecule has 1 aliphatic rings. The fourth-order valence-electron chi connectivity index (χ4n) is 4.11. The summed E-state index contributed by atoms with van der Waals surface area (Å²) in [4.78, 5) is 20.9. The number of hydrogen-bond donors (Lipinski definition) is 2. The second-order valence-corrected chi connectivity index (χ2v) is 11.2. The van der Waals surface area contributed by atoms with Crippen molar-refractivity contribution in [3.8, 4) is 9.88 Å². The van der Waals surface area contributed by atoms with Crippen LogP contribution in [0.3, 0.4) is 0 Å². The molecular formula is C24H20FN3O4S3. The largest absolute Gasteiger partial charge is 0.357 e. The van der Waals surface area contributed by atoms with E-state index < -0.39 is 15.8 Å².